The van der Waals surface area contributed by atoms with Crippen LogP contribution < -0.4 is 10.6 Å². The molecule has 1 heterocycles. The van der Waals surface area contributed by atoms with Gasteiger partial charge in [0.2, 0.25) is 0 Å². The number of aromatic nitrogens is 1. The van der Waals surface area contributed by atoms with Gasteiger partial charge in [-0.3, -0.25) is 0 Å². The molecule has 6 heteroatoms. The van der Waals surface area contributed by atoms with E-state index in [9.17, 15) is 0 Å². The van der Waals surface area contributed by atoms with Crippen molar-refractivity contribution in [2.45, 2.75) is 18.2 Å². The third kappa shape index (κ3) is 4.04. The number of hydrogen-bond acceptors (Lipinski definition) is 6. The number of nitrogens with two attached hydrogens (primary N) is 1. The van der Waals surface area contributed by atoms with Crippen LogP contribution in [0.4, 0.5) is 10.8 Å². The van der Waals surface area contributed by atoms with Crippen molar-refractivity contribution in [3.8, 4) is 0 Å². The minimum Gasteiger partial charge on any atom is -0.382 e. The monoisotopic (exact) mass is 274 g/mol. The molecule has 0 atom stereocenters. The van der Waals surface area contributed by atoms with Gasteiger partial charge in [0.15, 0.2) is 5.82 Å². The van der Waals surface area contributed by atoms with Crippen molar-refractivity contribution in [2.24, 2.45) is 0 Å². The highest BCUT2D eigenvalue weighted by Crippen LogP contribution is 2.37. The fraction of sp³-hybridized carbons (Fsp3) is 0.727. The van der Waals surface area contributed by atoms with E-state index in [-0.39, 0.29) is 0 Å². The van der Waals surface area contributed by atoms with Gasteiger partial charge in [0.05, 0.1) is 4.90 Å². The molecule has 1 aromatic rings. The smallest absolute Gasteiger partial charge is 0.153 e. The zero-order chi connectivity index (χ0) is 12.8. The summed E-state index contributed by atoms with van der Waals surface area (Å²) in [4.78, 5) is 5.70. The Morgan fingerprint density at radius 1 is 1.35 bits per heavy atom. The Morgan fingerprint density at radius 3 is 2.59 bits per heavy atom. The van der Waals surface area contributed by atoms with Crippen LogP contribution in [0, 0.1) is 0 Å². The largest absolute Gasteiger partial charge is 0.382 e. The SMILES string of the molecule is CCN(CCCN(C)C)c1snc(N)c1SC. The Kier molecular flexibility index (Phi) is 6.08. The third-order valence-electron chi connectivity index (χ3n) is 2.56. The molecule has 0 saturated heterocycles. The average Bonchev–Trinajstić information content (AvgIpc) is 2.65. The molecular formula is C11H22N4S2. The van der Waals surface area contributed by atoms with Crippen LogP contribution in [0.2, 0.25) is 0 Å². The molecule has 0 aliphatic carbocycles. The Morgan fingerprint density at radius 2 is 2.06 bits per heavy atom. The van der Waals surface area contributed by atoms with Crippen molar-refractivity contribution in [2.75, 3.05) is 50.6 Å². The van der Waals surface area contributed by atoms with Crippen molar-refractivity contribution in [1.82, 2.24) is 9.27 Å². The molecule has 0 amide bonds. The van der Waals surface area contributed by atoms with Gasteiger partial charge in [-0.25, -0.2) is 0 Å². The number of rotatable bonds is 7. The van der Waals surface area contributed by atoms with Gasteiger partial charge in [0.1, 0.15) is 5.00 Å². The summed E-state index contributed by atoms with van der Waals surface area (Å²) in [6, 6.07) is 0. The molecule has 0 spiro atoms. The molecule has 1 aromatic heterocycles. The van der Waals surface area contributed by atoms with Crippen LogP contribution >= 0.6 is 23.3 Å². The molecular weight excluding hydrogens is 252 g/mol. The molecule has 0 fully saturated rings. The Bertz CT molecular complexity index is 338. The highest BCUT2D eigenvalue weighted by atomic mass is 32.2. The average molecular weight is 274 g/mol. The quantitative estimate of drug-likeness (QED) is 0.773. The van der Waals surface area contributed by atoms with Crippen molar-refractivity contribution in [3.63, 3.8) is 0 Å². The van der Waals surface area contributed by atoms with Gasteiger partial charge < -0.3 is 15.5 Å². The fourth-order valence-electron chi connectivity index (χ4n) is 1.66. The maximum atomic E-state index is 5.86. The van der Waals surface area contributed by atoms with Crippen LogP contribution in [0.3, 0.4) is 0 Å². The second kappa shape index (κ2) is 7.08. The number of anilines is 2. The molecule has 98 valence electrons. The lowest BCUT2D eigenvalue weighted by Crippen LogP contribution is -2.26. The van der Waals surface area contributed by atoms with E-state index in [1.807, 2.05) is 0 Å². The first-order valence-corrected chi connectivity index (χ1v) is 7.78. The molecule has 0 bridgehead atoms. The van der Waals surface area contributed by atoms with Crippen LogP contribution in [-0.4, -0.2) is 49.3 Å². The normalized spacial score (nSPS) is 11.1. The predicted molar refractivity (Wildman–Crippen MR) is 79.4 cm³/mol. The van der Waals surface area contributed by atoms with Crippen molar-refractivity contribution in [3.05, 3.63) is 0 Å². The summed E-state index contributed by atoms with van der Waals surface area (Å²) in [6.07, 6.45) is 3.21. The number of nitrogen functional groups attached to an aromatic ring is 1. The lowest BCUT2D eigenvalue weighted by molar-refractivity contribution is 0.400. The molecule has 0 unspecified atom stereocenters. The van der Waals surface area contributed by atoms with E-state index < -0.39 is 0 Å². The van der Waals surface area contributed by atoms with Crippen molar-refractivity contribution < 1.29 is 0 Å². The highest BCUT2D eigenvalue weighted by Gasteiger charge is 2.15. The van der Waals surface area contributed by atoms with E-state index in [1.165, 1.54) is 16.5 Å². The zero-order valence-electron chi connectivity index (χ0n) is 11.1. The van der Waals surface area contributed by atoms with E-state index in [0.29, 0.717) is 5.82 Å². The zero-order valence-corrected chi connectivity index (χ0v) is 12.7. The fourth-order valence-corrected chi connectivity index (χ4v) is 3.44. The molecule has 0 radical (unpaired) electrons. The Labute approximate surface area is 112 Å². The molecule has 4 nitrogen and oxygen atoms in total. The summed E-state index contributed by atoms with van der Waals surface area (Å²) in [5.74, 6) is 0.670. The van der Waals surface area contributed by atoms with Gasteiger partial charge in [-0.05, 0) is 51.8 Å². The molecule has 2 N–H and O–H groups in total. The minimum absolute atomic E-state index is 0.670. The van der Waals surface area contributed by atoms with Gasteiger partial charge in [-0.15, -0.1) is 11.8 Å². The first-order valence-electron chi connectivity index (χ1n) is 5.79. The van der Waals surface area contributed by atoms with Gasteiger partial charge in [-0.1, -0.05) is 0 Å². The van der Waals surface area contributed by atoms with E-state index in [1.54, 1.807) is 11.8 Å². The minimum atomic E-state index is 0.670. The van der Waals surface area contributed by atoms with Crippen molar-refractivity contribution in [1.29, 1.82) is 0 Å². The lowest BCUT2D eigenvalue weighted by atomic mass is 10.3. The third-order valence-corrected chi connectivity index (χ3v) is 4.43. The summed E-state index contributed by atoms with van der Waals surface area (Å²) >= 11 is 3.19. The van der Waals surface area contributed by atoms with E-state index in [4.69, 9.17) is 5.73 Å². The summed E-state index contributed by atoms with van der Waals surface area (Å²) in [6.45, 7) is 5.35. The van der Waals surface area contributed by atoms with Gasteiger partial charge in [-0.2, -0.15) is 4.37 Å². The van der Waals surface area contributed by atoms with Crippen LogP contribution in [0.15, 0.2) is 4.90 Å². The second-order valence-electron chi connectivity index (χ2n) is 4.14. The predicted octanol–water partition coefficient (Wildman–Crippen LogP) is 2.23. The van der Waals surface area contributed by atoms with Crippen LogP contribution in [-0.2, 0) is 0 Å². The first-order chi connectivity index (χ1) is 8.10. The van der Waals surface area contributed by atoms with E-state index >= 15 is 0 Å². The molecule has 0 aliphatic rings. The van der Waals surface area contributed by atoms with Crippen molar-refractivity contribution >= 4 is 34.1 Å². The maximum Gasteiger partial charge on any atom is 0.153 e. The topological polar surface area (TPSA) is 45.4 Å². The lowest BCUT2D eigenvalue weighted by Gasteiger charge is -2.22. The van der Waals surface area contributed by atoms with E-state index in [0.717, 1.165) is 31.0 Å². The second-order valence-corrected chi connectivity index (χ2v) is 5.71. The number of hydrogen-bond donors (Lipinski definition) is 1. The van der Waals surface area contributed by atoms with Crippen LogP contribution in [0.25, 0.3) is 0 Å². The summed E-state index contributed by atoms with van der Waals surface area (Å²) in [5.41, 5.74) is 5.86. The van der Waals surface area contributed by atoms with E-state index in [2.05, 4.69) is 41.4 Å². The van der Waals surface area contributed by atoms with Gasteiger partial charge in [0.25, 0.3) is 0 Å². The summed E-state index contributed by atoms with van der Waals surface area (Å²) in [7, 11) is 4.21. The van der Waals surface area contributed by atoms with Crippen LogP contribution in [0.5, 0.6) is 0 Å². The first kappa shape index (κ1) is 14.6. The maximum absolute atomic E-state index is 5.86. The van der Waals surface area contributed by atoms with Gasteiger partial charge in [0, 0.05) is 13.1 Å². The Hall–Kier alpha value is -0.460. The number of thioether (sulfide) groups is 1. The highest BCUT2D eigenvalue weighted by molar-refractivity contribution is 7.99. The van der Waals surface area contributed by atoms with Crippen LogP contribution in [0.1, 0.15) is 13.3 Å². The molecule has 0 aliphatic heterocycles. The molecule has 0 saturated carbocycles. The molecule has 0 aromatic carbocycles. The molecule has 17 heavy (non-hydrogen) atoms. The molecule has 1 rings (SSSR count). The standard InChI is InChI=1S/C11H22N4S2/c1-5-15(8-6-7-14(2)3)11-9(16-4)10(12)13-17-11/h5-8H2,1-4H3,(H2,12,13). The number of nitrogens with zero attached hydrogens (tertiary/aromatic N) is 3. The van der Waals surface area contributed by atoms with Gasteiger partial charge >= 0.3 is 0 Å². The Balaban J connectivity index is 2.65. The summed E-state index contributed by atoms with van der Waals surface area (Å²) < 4.78 is 4.25. The summed E-state index contributed by atoms with van der Waals surface area (Å²) in [5, 5.41) is 1.22.